The molecule has 1 aromatic carbocycles. The van der Waals surface area contributed by atoms with Crippen LogP contribution in [-0.2, 0) is 21.1 Å². The molecule has 3 nitrogen and oxygen atoms in total. The van der Waals surface area contributed by atoms with E-state index >= 15 is 0 Å². The predicted octanol–water partition coefficient (Wildman–Crippen LogP) is 7.76. The Morgan fingerprint density at radius 1 is 1.07 bits per heavy atom. The third-order valence-electron chi connectivity index (χ3n) is 7.14. The Bertz CT molecular complexity index is 877. The second-order valence-corrected chi connectivity index (χ2v) is 17.4. The highest BCUT2D eigenvalue weighted by Gasteiger charge is 2.39. The van der Waals surface area contributed by atoms with Crippen molar-refractivity contribution in [3.63, 3.8) is 0 Å². The number of methoxy groups -OCH3 is 1. The van der Waals surface area contributed by atoms with Gasteiger partial charge in [-0.15, -0.1) is 0 Å². The molecule has 1 unspecified atom stereocenters. The van der Waals surface area contributed by atoms with E-state index in [0.717, 1.165) is 17.6 Å². The van der Waals surface area contributed by atoms with Gasteiger partial charge in [-0.05, 0) is 42.8 Å². The lowest BCUT2D eigenvalue weighted by atomic mass is 9.80. The van der Waals surface area contributed by atoms with Crippen molar-refractivity contribution in [2.75, 3.05) is 13.7 Å². The molecule has 0 aliphatic heterocycles. The average Bonchev–Trinajstić information content (AvgIpc) is 2.96. The van der Waals surface area contributed by atoms with Gasteiger partial charge in [-0.25, -0.2) is 0 Å². The number of rotatable bonds is 8. The molecule has 1 atom stereocenters. The van der Waals surface area contributed by atoms with Crippen molar-refractivity contribution in [3.05, 3.63) is 34.4 Å². The molecular weight excluding hydrogens is 454 g/mol. The van der Waals surface area contributed by atoms with Crippen LogP contribution < -0.4 is 0 Å². The zero-order chi connectivity index (χ0) is 23.1. The molecule has 0 saturated carbocycles. The summed E-state index contributed by atoms with van der Waals surface area (Å²) in [5, 5.41) is 1.52. The van der Waals surface area contributed by atoms with Crippen molar-refractivity contribution < 1.29 is 9.16 Å². The standard InChI is InChI=1S/C25H42BrNO2Si/c1-18(28-9)25(7,8)21-15-27(22-14-19(26)12-13-20(21)22)16-24(5,6)17-29-30(10,11)23(2,3)4/h12-15,18H,16-17H2,1-11H3. The Morgan fingerprint density at radius 2 is 1.67 bits per heavy atom. The molecule has 2 aromatic rings. The minimum Gasteiger partial charge on any atom is -0.416 e. The first-order valence-corrected chi connectivity index (χ1v) is 14.7. The van der Waals surface area contributed by atoms with Crippen LogP contribution in [0.25, 0.3) is 10.9 Å². The van der Waals surface area contributed by atoms with Gasteiger partial charge in [-0.3, -0.25) is 0 Å². The van der Waals surface area contributed by atoms with Gasteiger partial charge in [0.05, 0.1) is 6.10 Å². The van der Waals surface area contributed by atoms with Crippen molar-refractivity contribution in [2.24, 2.45) is 5.41 Å². The fraction of sp³-hybridized carbons (Fsp3) is 0.680. The fourth-order valence-corrected chi connectivity index (χ4v) is 5.06. The van der Waals surface area contributed by atoms with E-state index in [0.29, 0.717) is 0 Å². The van der Waals surface area contributed by atoms with Gasteiger partial charge < -0.3 is 13.7 Å². The third kappa shape index (κ3) is 5.40. The quantitative estimate of drug-likeness (QED) is 0.349. The maximum atomic E-state index is 6.59. The maximum absolute atomic E-state index is 6.59. The van der Waals surface area contributed by atoms with Crippen LogP contribution in [0, 0.1) is 5.41 Å². The van der Waals surface area contributed by atoms with E-state index in [2.05, 4.69) is 113 Å². The number of nitrogens with zero attached hydrogens (tertiary/aromatic N) is 1. The van der Waals surface area contributed by atoms with Crippen molar-refractivity contribution in [3.8, 4) is 0 Å². The highest BCUT2D eigenvalue weighted by Crippen LogP contribution is 2.39. The van der Waals surface area contributed by atoms with E-state index in [4.69, 9.17) is 9.16 Å². The summed E-state index contributed by atoms with van der Waals surface area (Å²) < 4.78 is 15.8. The summed E-state index contributed by atoms with van der Waals surface area (Å²) in [6.07, 6.45) is 2.45. The molecule has 0 spiro atoms. The Kier molecular flexibility index (Phi) is 7.45. The Morgan fingerprint density at radius 3 is 2.20 bits per heavy atom. The molecule has 0 N–H and O–H groups in total. The number of hydrogen-bond donors (Lipinski definition) is 0. The molecule has 2 rings (SSSR count). The summed E-state index contributed by atoms with van der Waals surface area (Å²) in [5.74, 6) is 0. The molecule has 5 heteroatoms. The fourth-order valence-electron chi connectivity index (χ4n) is 3.52. The third-order valence-corrected chi connectivity index (χ3v) is 12.1. The molecule has 0 saturated heterocycles. The SMILES string of the molecule is COC(C)C(C)(C)c1cn(CC(C)(C)CO[Si](C)(C)C(C)(C)C)c2cc(Br)ccc12. The first kappa shape index (κ1) is 25.6. The van der Waals surface area contributed by atoms with Gasteiger partial charge >= 0.3 is 0 Å². The molecule has 0 radical (unpaired) electrons. The van der Waals surface area contributed by atoms with Gasteiger partial charge in [0.15, 0.2) is 8.32 Å². The smallest absolute Gasteiger partial charge is 0.192 e. The Labute approximate surface area is 193 Å². The molecule has 0 fully saturated rings. The normalized spacial score (nSPS) is 15.1. The number of benzene rings is 1. The van der Waals surface area contributed by atoms with Gasteiger partial charge in [0.25, 0.3) is 0 Å². The van der Waals surface area contributed by atoms with Gasteiger partial charge in [0.2, 0.25) is 0 Å². The largest absolute Gasteiger partial charge is 0.416 e. The summed E-state index contributed by atoms with van der Waals surface area (Å²) in [6.45, 7) is 24.6. The molecule has 0 amide bonds. The van der Waals surface area contributed by atoms with Gasteiger partial charge in [-0.1, -0.05) is 70.5 Å². The first-order valence-electron chi connectivity index (χ1n) is 11.0. The summed E-state index contributed by atoms with van der Waals surface area (Å²) in [7, 11) is 0.0228. The summed E-state index contributed by atoms with van der Waals surface area (Å²) in [6, 6.07) is 6.60. The molecule has 1 heterocycles. The average molecular weight is 497 g/mol. The minimum absolute atomic E-state index is 0.0259. The van der Waals surface area contributed by atoms with Crippen LogP contribution in [0.4, 0.5) is 0 Å². The van der Waals surface area contributed by atoms with E-state index in [1.165, 1.54) is 16.5 Å². The first-order chi connectivity index (χ1) is 13.5. The highest BCUT2D eigenvalue weighted by atomic mass is 79.9. The second kappa shape index (κ2) is 8.72. The minimum atomic E-state index is -1.77. The number of ether oxygens (including phenoxy) is 1. The van der Waals surface area contributed by atoms with Crippen LogP contribution in [0.1, 0.15) is 61.0 Å². The van der Waals surface area contributed by atoms with Crippen LogP contribution in [0.2, 0.25) is 18.1 Å². The number of halogens is 1. The topological polar surface area (TPSA) is 23.4 Å². The molecule has 0 aliphatic carbocycles. The van der Waals surface area contributed by atoms with Gasteiger partial charge in [-0.2, -0.15) is 0 Å². The number of fused-ring (bicyclic) bond motifs is 1. The number of hydrogen-bond acceptors (Lipinski definition) is 2. The summed E-state index contributed by atoms with van der Waals surface area (Å²) in [5.41, 5.74) is 2.53. The number of aromatic nitrogens is 1. The Hall–Kier alpha value is -0.623. The van der Waals surface area contributed by atoms with Crippen LogP contribution in [-0.4, -0.2) is 32.7 Å². The predicted molar refractivity (Wildman–Crippen MR) is 136 cm³/mol. The monoisotopic (exact) mass is 495 g/mol. The van der Waals surface area contributed by atoms with Crippen molar-refractivity contribution >= 4 is 35.2 Å². The zero-order valence-corrected chi connectivity index (χ0v) is 23.5. The second-order valence-electron chi connectivity index (χ2n) is 11.6. The van der Waals surface area contributed by atoms with Crippen molar-refractivity contribution in [1.82, 2.24) is 4.57 Å². The molecule has 0 aliphatic rings. The van der Waals surface area contributed by atoms with Crippen LogP contribution in [0.15, 0.2) is 28.9 Å². The molecule has 1 aromatic heterocycles. The highest BCUT2D eigenvalue weighted by molar-refractivity contribution is 9.10. The van der Waals surface area contributed by atoms with Crippen molar-refractivity contribution in [1.29, 1.82) is 0 Å². The van der Waals surface area contributed by atoms with Crippen LogP contribution >= 0.6 is 15.9 Å². The lowest BCUT2D eigenvalue weighted by Crippen LogP contribution is -2.43. The van der Waals surface area contributed by atoms with E-state index in [-0.39, 0.29) is 22.0 Å². The molecular formula is C25H42BrNO2Si. The summed E-state index contributed by atoms with van der Waals surface area (Å²) >= 11 is 3.67. The molecule has 30 heavy (non-hydrogen) atoms. The summed E-state index contributed by atoms with van der Waals surface area (Å²) in [4.78, 5) is 0. The van der Waals surface area contributed by atoms with Crippen LogP contribution in [0.3, 0.4) is 0 Å². The van der Waals surface area contributed by atoms with Crippen LogP contribution in [0.5, 0.6) is 0 Å². The lowest BCUT2D eigenvalue weighted by molar-refractivity contribution is 0.0611. The lowest BCUT2D eigenvalue weighted by Gasteiger charge is -2.39. The van der Waals surface area contributed by atoms with E-state index in [1.54, 1.807) is 7.11 Å². The van der Waals surface area contributed by atoms with E-state index in [1.807, 2.05) is 0 Å². The molecule has 0 bridgehead atoms. The zero-order valence-electron chi connectivity index (χ0n) is 20.9. The molecule has 170 valence electrons. The Balaban J connectivity index is 2.41. The van der Waals surface area contributed by atoms with E-state index < -0.39 is 8.32 Å². The maximum Gasteiger partial charge on any atom is 0.192 e. The van der Waals surface area contributed by atoms with E-state index in [9.17, 15) is 0 Å². The van der Waals surface area contributed by atoms with Gasteiger partial charge in [0, 0.05) is 52.7 Å². The van der Waals surface area contributed by atoms with Gasteiger partial charge in [0.1, 0.15) is 0 Å². The van der Waals surface area contributed by atoms with Crippen molar-refractivity contribution in [2.45, 2.75) is 91.6 Å².